The fraction of sp³-hybridized carbons (Fsp3) is 0.290. The number of hydrazone groups is 1. The summed E-state index contributed by atoms with van der Waals surface area (Å²) in [6.07, 6.45) is 8.64. The first kappa shape index (κ1) is 29.4. The molecular weight excluding hydrogens is 542 g/mol. The van der Waals surface area contributed by atoms with Gasteiger partial charge in [-0.2, -0.15) is 5.10 Å². The van der Waals surface area contributed by atoms with Gasteiger partial charge in [0.1, 0.15) is 36.0 Å². The van der Waals surface area contributed by atoms with Gasteiger partial charge in [-0.25, -0.2) is 19.9 Å². The van der Waals surface area contributed by atoms with Crippen molar-refractivity contribution in [3.05, 3.63) is 78.5 Å². The van der Waals surface area contributed by atoms with Crippen molar-refractivity contribution in [3.63, 3.8) is 0 Å². The van der Waals surface area contributed by atoms with Crippen LogP contribution < -0.4 is 15.8 Å². The molecule has 12 heteroatoms. The topological polar surface area (TPSA) is 134 Å². The molecule has 0 amide bonds. The molecule has 43 heavy (non-hydrogen) atoms. The highest BCUT2D eigenvalue weighted by Gasteiger charge is 2.16. The molecule has 0 aliphatic carbocycles. The van der Waals surface area contributed by atoms with Gasteiger partial charge in [0.15, 0.2) is 0 Å². The minimum atomic E-state index is 0.599. The lowest BCUT2D eigenvalue weighted by Gasteiger charge is -2.32. The van der Waals surface area contributed by atoms with Crippen LogP contribution in [0.5, 0.6) is 5.75 Å². The lowest BCUT2D eigenvalue weighted by atomic mass is 10.1. The predicted octanol–water partition coefficient (Wildman–Crippen LogP) is 3.43. The number of nitrogens with one attached hydrogen (secondary N) is 1. The van der Waals surface area contributed by atoms with Gasteiger partial charge in [-0.15, -0.1) is 0 Å². The molecule has 5 rings (SSSR count). The minimum Gasteiger partial charge on any atom is -0.492 e. The number of hydrogen-bond donors (Lipinski definition) is 2. The van der Waals surface area contributed by atoms with Crippen molar-refractivity contribution in [2.75, 3.05) is 51.7 Å². The van der Waals surface area contributed by atoms with E-state index in [0.717, 1.165) is 78.0 Å². The average molecular weight is 580 g/mol. The maximum atomic E-state index is 6.06. The molecule has 0 radical (unpaired) electrons. The highest BCUT2D eigenvalue weighted by molar-refractivity contribution is 6.09. The van der Waals surface area contributed by atoms with Crippen LogP contribution in [-0.4, -0.2) is 94.4 Å². The van der Waals surface area contributed by atoms with E-state index in [0.29, 0.717) is 19.0 Å². The Labute approximate surface area is 251 Å². The largest absolute Gasteiger partial charge is 0.492 e. The first-order valence-electron chi connectivity index (χ1n) is 14.1. The Morgan fingerprint density at radius 1 is 1.09 bits per heavy atom. The molecule has 1 aliphatic rings. The average Bonchev–Trinajstić information content (AvgIpc) is 3.47. The van der Waals surface area contributed by atoms with E-state index in [1.165, 1.54) is 0 Å². The van der Waals surface area contributed by atoms with E-state index in [9.17, 15) is 0 Å². The Kier molecular flexibility index (Phi) is 9.70. The molecule has 1 aliphatic heterocycles. The highest BCUT2D eigenvalue weighted by atomic mass is 16.5. The zero-order valence-electron chi connectivity index (χ0n) is 24.6. The fourth-order valence-electron chi connectivity index (χ4n) is 4.79. The number of anilines is 1. The van der Waals surface area contributed by atoms with Crippen molar-refractivity contribution in [2.24, 2.45) is 20.8 Å². The van der Waals surface area contributed by atoms with E-state index in [4.69, 9.17) is 10.5 Å². The van der Waals surface area contributed by atoms with Crippen molar-refractivity contribution < 1.29 is 4.74 Å². The van der Waals surface area contributed by atoms with E-state index >= 15 is 0 Å². The second-order valence-corrected chi connectivity index (χ2v) is 10.0. The van der Waals surface area contributed by atoms with Crippen LogP contribution in [0.2, 0.25) is 0 Å². The summed E-state index contributed by atoms with van der Waals surface area (Å²) in [5.74, 6) is 2.21. The zero-order chi connectivity index (χ0) is 30.0. The van der Waals surface area contributed by atoms with Crippen molar-refractivity contribution in [1.29, 1.82) is 0 Å². The van der Waals surface area contributed by atoms with Crippen LogP contribution in [0.3, 0.4) is 0 Å². The summed E-state index contributed by atoms with van der Waals surface area (Å²) in [6, 6.07) is 14.0. The molecule has 1 fully saturated rings. The maximum Gasteiger partial charge on any atom is 0.144 e. The number of piperazine rings is 1. The molecule has 0 spiro atoms. The number of rotatable bonds is 11. The first-order valence-corrected chi connectivity index (χ1v) is 14.1. The first-order chi connectivity index (χ1) is 21.1. The van der Waals surface area contributed by atoms with E-state index in [2.05, 4.69) is 59.1 Å². The number of nitrogens with two attached hydrogens (primary N) is 1. The zero-order valence-corrected chi connectivity index (χ0v) is 24.6. The Balaban J connectivity index is 1.15. The van der Waals surface area contributed by atoms with Gasteiger partial charge in [-0.1, -0.05) is 24.3 Å². The Morgan fingerprint density at radius 3 is 2.65 bits per heavy atom. The van der Waals surface area contributed by atoms with Crippen LogP contribution in [0.1, 0.15) is 18.1 Å². The quantitative estimate of drug-likeness (QED) is 0.204. The summed E-state index contributed by atoms with van der Waals surface area (Å²) >= 11 is 0. The summed E-state index contributed by atoms with van der Waals surface area (Å²) in [5.41, 5.74) is 11.2. The van der Waals surface area contributed by atoms with Crippen molar-refractivity contribution >= 4 is 35.8 Å². The lowest BCUT2D eigenvalue weighted by molar-refractivity contribution is 0.119. The monoisotopic (exact) mass is 579 g/mol. The maximum absolute atomic E-state index is 6.06. The van der Waals surface area contributed by atoms with Gasteiger partial charge in [-0.3, -0.25) is 19.3 Å². The number of aliphatic imine (C=N–C) groups is 2. The third-order valence-electron chi connectivity index (χ3n) is 7.16. The smallest absolute Gasteiger partial charge is 0.144 e. The Bertz CT molecular complexity index is 1620. The van der Waals surface area contributed by atoms with Gasteiger partial charge in [0.05, 0.1) is 17.6 Å². The van der Waals surface area contributed by atoms with Gasteiger partial charge >= 0.3 is 0 Å². The molecular formula is C31H37N11O. The fourth-order valence-corrected chi connectivity index (χ4v) is 4.79. The third-order valence-corrected chi connectivity index (χ3v) is 7.16. The van der Waals surface area contributed by atoms with E-state index < -0.39 is 0 Å². The summed E-state index contributed by atoms with van der Waals surface area (Å²) in [4.78, 5) is 23.8. The minimum absolute atomic E-state index is 0.599. The van der Waals surface area contributed by atoms with Crippen LogP contribution in [0, 0.1) is 0 Å². The van der Waals surface area contributed by atoms with Gasteiger partial charge in [-0.05, 0) is 30.8 Å². The van der Waals surface area contributed by atoms with Gasteiger partial charge in [0.25, 0.3) is 0 Å². The second kappa shape index (κ2) is 14.2. The molecule has 4 heterocycles. The van der Waals surface area contributed by atoms with Crippen molar-refractivity contribution in [2.45, 2.75) is 13.5 Å². The van der Waals surface area contributed by atoms with Crippen LogP contribution in [-0.2, 0) is 6.54 Å². The van der Waals surface area contributed by atoms with E-state index in [1.807, 2.05) is 59.1 Å². The standard InChI is InChI=1S/C31H37N11O/c1-23(34-3)39-41-12-10-40(11-13-41)14-15-43-27-8-9-42-29(21-36-31(42)16-27)28-17-30(38-22-37-28)35-19-24-4-6-25(7-5-24)26(18-32)20-33-2/h4-9,16-18,20-22H,3,10-15,19,32H2,1-2H3,(H,35,37,38)/b26-18?,33-20?,39-23-. The van der Waals surface area contributed by atoms with Gasteiger partial charge in [0.2, 0.25) is 0 Å². The number of benzene rings is 1. The number of fused-ring (bicyclic) bond motifs is 1. The third kappa shape index (κ3) is 7.60. The van der Waals surface area contributed by atoms with Crippen molar-refractivity contribution in [1.82, 2.24) is 29.3 Å². The molecule has 3 N–H and O–H groups in total. The number of nitrogens with zero attached hydrogens (tertiary/aromatic N) is 9. The molecule has 0 atom stereocenters. The van der Waals surface area contributed by atoms with E-state index in [-0.39, 0.29) is 0 Å². The summed E-state index contributed by atoms with van der Waals surface area (Å²) < 4.78 is 8.06. The Hall–Kier alpha value is -5.10. The number of pyridine rings is 1. The molecule has 3 aromatic heterocycles. The van der Waals surface area contributed by atoms with Crippen LogP contribution in [0.4, 0.5) is 5.82 Å². The lowest BCUT2D eigenvalue weighted by Crippen LogP contribution is -2.45. The molecule has 0 saturated carbocycles. The molecule has 1 saturated heterocycles. The molecule has 12 nitrogen and oxygen atoms in total. The number of amidine groups is 1. The molecule has 1 aromatic carbocycles. The van der Waals surface area contributed by atoms with Crippen LogP contribution >= 0.6 is 0 Å². The highest BCUT2D eigenvalue weighted by Crippen LogP contribution is 2.23. The van der Waals surface area contributed by atoms with Gasteiger partial charge < -0.3 is 15.8 Å². The van der Waals surface area contributed by atoms with E-state index in [1.54, 1.807) is 25.8 Å². The summed E-state index contributed by atoms with van der Waals surface area (Å²) in [7, 11) is 1.73. The molecule has 4 aromatic rings. The second-order valence-electron chi connectivity index (χ2n) is 10.0. The van der Waals surface area contributed by atoms with Crippen LogP contribution in [0.25, 0.3) is 22.6 Å². The number of hydrogen-bond acceptors (Lipinski definition) is 10. The number of imidazole rings is 1. The summed E-state index contributed by atoms with van der Waals surface area (Å²) in [5, 5.41) is 9.87. The molecule has 222 valence electrons. The predicted molar refractivity (Wildman–Crippen MR) is 173 cm³/mol. The SMILES string of the molecule is C=N/C(C)=N\N1CCN(CCOc2ccn3c(-c4cc(NCc5ccc(C(C=NC)=CN)cc5)ncn4)cnc3c2)CC1. The number of ether oxygens (including phenoxy) is 1. The van der Waals surface area contributed by atoms with Crippen molar-refractivity contribution in [3.8, 4) is 17.1 Å². The molecule has 0 bridgehead atoms. The molecule has 0 unspecified atom stereocenters. The number of allylic oxidation sites excluding steroid dienone is 1. The Morgan fingerprint density at radius 2 is 1.91 bits per heavy atom. The number of aromatic nitrogens is 4. The normalized spacial score (nSPS) is 14.9. The summed E-state index contributed by atoms with van der Waals surface area (Å²) in [6.45, 7) is 11.0. The van der Waals surface area contributed by atoms with Crippen LogP contribution in [0.15, 0.2) is 82.5 Å². The van der Waals surface area contributed by atoms with Gasteiger partial charge in [0, 0.05) is 82.6 Å².